The van der Waals surface area contributed by atoms with Gasteiger partial charge < -0.3 is 13.3 Å². The Morgan fingerprint density at radius 1 is 1.42 bits per heavy atom. The van der Waals surface area contributed by atoms with Crippen molar-refractivity contribution in [2.75, 3.05) is 18.8 Å². The van der Waals surface area contributed by atoms with Gasteiger partial charge in [-0.15, -0.1) is 0 Å². The minimum atomic E-state index is -1.85. The molecular weight excluding hydrogens is 189 g/mol. The zero-order valence-corrected chi connectivity index (χ0v) is 10.8. The Labute approximate surface area is 86.2 Å². The monoisotopic (exact) mass is 205 g/mol. The van der Waals surface area contributed by atoms with E-state index >= 15 is 0 Å². The third kappa shape index (κ3) is 3.44. The molecule has 0 aromatic carbocycles. The van der Waals surface area contributed by atoms with E-state index in [1.165, 1.54) is 0 Å². The van der Waals surface area contributed by atoms with Crippen LogP contribution in [0.2, 0.25) is 0 Å². The molecule has 0 radical (unpaired) electrons. The molecule has 0 amide bonds. The average molecular weight is 205 g/mol. The number of hydrogen-bond donors (Lipinski definition) is 0. The van der Waals surface area contributed by atoms with Gasteiger partial charge in [0, 0.05) is 19.1 Å². The molecule has 0 spiro atoms. The van der Waals surface area contributed by atoms with Crippen LogP contribution in [0.1, 0.15) is 13.8 Å². The van der Waals surface area contributed by atoms with Crippen molar-refractivity contribution >= 4 is 28.1 Å². The normalized spacial score (nSPS) is 19.3. The van der Waals surface area contributed by atoms with E-state index in [0.717, 1.165) is 13.1 Å². The van der Waals surface area contributed by atoms with Crippen molar-refractivity contribution in [3.8, 4) is 0 Å². The summed E-state index contributed by atoms with van der Waals surface area (Å²) in [5.41, 5.74) is 0. The summed E-state index contributed by atoms with van der Waals surface area (Å²) in [6.07, 6.45) is 0. The fourth-order valence-corrected chi connectivity index (χ4v) is 1.93. The summed E-state index contributed by atoms with van der Waals surface area (Å²) in [4.78, 5) is 2.28. The SMILES string of the molecule is CC(C)N1CC(C[S-](=O)=O)C1.[AlH2+]. The molecule has 0 atom stereocenters. The van der Waals surface area contributed by atoms with Gasteiger partial charge in [-0.25, -0.2) is 0 Å². The minimum absolute atomic E-state index is 0. The first-order valence-corrected chi connectivity index (χ1v) is 5.14. The van der Waals surface area contributed by atoms with E-state index in [1.54, 1.807) is 0 Å². The first kappa shape index (κ1) is 12.4. The first-order chi connectivity index (χ1) is 5.09. The molecule has 0 aliphatic carbocycles. The molecule has 0 aromatic heterocycles. The number of likely N-dealkylation sites (tertiary alicyclic amines) is 1. The number of hydrogen-bond acceptors (Lipinski definition) is 4. The zero-order chi connectivity index (χ0) is 8.43. The summed E-state index contributed by atoms with van der Waals surface area (Å²) in [6, 6.07) is 0.561. The van der Waals surface area contributed by atoms with Gasteiger partial charge >= 0.3 is 17.4 Å². The summed E-state index contributed by atoms with van der Waals surface area (Å²) in [7, 11) is -1.85. The maximum absolute atomic E-state index is 10.3. The van der Waals surface area contributed by atoms with E-state index in [1.807, 2.05) is 0 Å². The summed E-state index contributed by atoms with van der Waals surface area (Å²) in [5.74, 6) is 0.721. The van der Waals surface area contributed by atoms with Crippen LogP contribution in [0.4, 0.5) is 0 Å². The standard InChI is InChI=1S/C7H14NO2S.Al.2H/c1-6(2)8-3-7(4-8)5-11(9)10;;;/h6-7H,3-5H2,1-2H3;;;/q-1;+1;;. The van der Waals surface area contributed by atoms with Crippen molar-refractivity contribution in [2.45, 2.75) is 19.9 Å². The van der Waals surface area contributed by atoms with E-state index in [9.17, 15) is 8.42 Å². The fourth-order valence-electron chi connectivity index (χ4n) is 1.33. The van der Waals surface area contributed by atoms with E-state index in [-0.39, 0.29) is 17.4 Å². The Morgan fingerprint density at radius 2 is 1.92 bits per heavy atom. The van der Waals surface area contributed by atoms with Crippen LogP contribution in [0.25, 0.3) is 0 Å². The molecule has 0 saturated carbocycles. The Hall–Kier alpha value is 0.442. The van der Waals surface area contributed by atoms with Gasteiger partial charge in [0.15, 0.2) is 0 Å². The van der Waals surface area contributed by atoms with Crippen molar-refractivity contribution in [3.63, 3.8) is 0 Å². The third-order valence-electron chi connectivity index (χ3n) is 2.09. The number of rotatable bonds is 3. The van der Waals surface area contributed by atoms with E-state index in [2.05, 4.69) is 18.7 Å². The topological polar surface area (TPSA) is 37.4 Å². The van der Waals surface area contributed by atoms with Crippen molar-refractivity contribution in [1.82, 2.24) is 4.90 Å². The molecule has 0 unspecified atom stereocenters. The average Bonchev–Trinajstić information content (AvgIpc) is 1.75. The second-order valence-corrected chi connectivity index (χ2v) is 4.32. The van der Waals surface area contributed by atoms with Gasteiger partial charge in [-0.1, -0.05) is 16.5 Å². The Bertz CT molecular complexity index is 192. The predicted octanol–water partition coefficient (Wildman–Crippen LogP) is -0.280. The molecule has 12 heavy (non-hydrogen) atoms. The molecule has 1 aliphatic heterocycles. The molecule has 5 heteroatoms. The van der Waals surface area contributed by atoms with Gasteiger partial charge in [0.1, 0.15) is 0 Å². The molecule has 70 valence electrons. The van der Waals surface area contributed by atoms with Gasteiger partial charge in [-0.2, -0.15) is 0 Å². The van der Waals surface area contributed by atoms with Crippen molar-refractivity contribution in [2.24, 2.45) is 5.92 Å². The summed E-state index contributed by atoms with van der Waals surface area (Å²) in [5, 5.41) is 0. The summed E-state index contributed by atoms with van der Waals surface area (Å²) in [6.45, 7) is 6.16. The van der Waals surface area contributed by atoms with Crippen molar-refractivity contribution < 1.29 is 8.42 Å². The second kappa shape index (κ2) is 5.23. The zero-order valence-electron chi connectivity index (χ0n) is 7.95. The van der Waals surface area contributed by atoms with Gasteiger partial charge in [0.05, 0.1) is 0 Å². The Balaban J connectivity index is 0.00000121. The molecule has 0 aromatic rings. The van der Waals surface area contributed by atoms with Crippen LogP contribution in [0.15, 0.2) is 0 Å². The van der Waals surface area contributed by atoms with E-state index in [0.29, 0.717) is 17.7 Å². The summed E-state index contributed by atoms with van der Waals surface area (Å²) >= 11 is 0. The quantitative estimate of drug-likeness (QED) is 0.470. The molecule has 1 rings (SSSR count). The fraction of sp³-hybridized carbons (Fsp3) is 1.00. The number of nitrogens with zero attached hydrogens (tertiary/aromatic N) is 1. The molecule has 0 N–H and O–H groups in total. The van der Waals surface area contributed by atoms with Gasteiger partial charge in [0.2, 0.25) is 0 Å². The van der Waals surface area contributed by atoms with Crippen molar-refractivity contribution in [1.29, 1.82) is 0 Å². The Morgan fingerprint density at radius 3 is 2.25 bits per heavy atom. The van der Waals surface area contributed by atoms with Gasteiger partial charge in [0.25, 0.3) is 0 Å². The second-order valence-electron chi connectivity index (χ2n) is 3.38. The first-order valence-electron chi connectivity index (χ1n) is 3.89. The molecule has 3 nitrogen and oxygen atoms in total. The molecule has 1 fully saturated rings. The predicted molar refractivity (Wildman–Crippen MR) is 52.3 cm³/mol. The van der Waals surface area contributed by atoms with E-state index < -0.39 is 10.7 Å². The molecular formula is C7H16AlNO2S. The summed E-state index contributed by atoms with van der Waals surface area (Å²) < 4.78 is 20.5. The Kier molecular flexibility index (Phi) is 5.43. The van der Waals surface area contributed by atoms with Crippen molar-refractivity contribution in [3.05, 3.63) is 0 Å². The van der Waals surface area contributed by atoms with E-state index in [4.69, 9.17) is 0 Å². The maximum atomic E-state index is 10.3. The molecule has 1 heterocycles. The van der Waals surface area contributed by atoms with Crippen LogP contribution in [0.5, 0.6) is 0 Å². The van der Waals surface area contributed by atoms with Crippen LogP contribution in [0, 0.1) is 5.92 Å². The molecule has 1 aliphatic rings. The van der Waals surface area contributed by atoms with Gasteiger partial charge in [-0.05, 0) is 19.8 Å². The van der Waals surface area contributed by atoms with Crippen LogP contribution >= 0.6 is 0 Å². The van der Waals surface area contributed by atoms with Crippen LogP contribution in [0.3, 0.4) is 0 Å². The molecule has 1 saturated heterocycles. The molecule has 0 bridgehead atoms. The van der Waals surface area contributed by atoms with Crippen LogP contribution in [-0.4, -0.2) is 47.1 Å². The van der Waals surface area contributed by atoms with Gasteiger partial charge in [-0.3, -0.25) is 0 Å². The third-order valence-corrected chi connectivity index (χ3v) is 2.83. The van der Waals surface area contributed by atoms with Crippen LogP contribution < -0.4 is 0 Å². The van der Waals surface area contributed by atoms with Crippen LogP contribution in [-0.2, 0) is 19.1 Å².